The Morgan fingerprint density at radius 2 is 2.00 bits per heavy atom. The number of aromatic nitrogens is 2. The Balaban J connectivity index is 2.55. The van der Waals surface area contributed by atoms with Crippen LogP contribution in [0.2, 0.25) is 5.15 Å². The zero-order valence-corrected chi connectivity index (χ0v) is 10.3. The van der Waals surface area contributed by atoms with Crippen LogP contribution >= 0.6 is 11.6 Å². The van der Waals surface area contributed by atoms with Gasteiger partial charge >= 0.3 is 5.69 Å². The molecule has 6 heteroatoms. The van der Waals surface area contributed by atoms with E-state index in [1.807, 2.05) is 19.1 Å². The van der Waals surface area contributed by atoms with Crippen LogP contribution in [0.5, 0.6) is 0 Å². The van der Waals surface area contributed by atoms with Crippen molar-refractivity contribution in [1.82, 2.24) is 9.55 Å². The molecule has 4 nitrogen and oxygen atoms in total. The van der Waals surface area contributed by atoms with Gasteiger partial charge in [0, 0.05) is 0 Å². The average molecular weight is 269 g/mol. The summed E-state index contributed by atoms with van der Waals surface area (Å²) in [6.45, 7) is 1.86. The van der Waals surface area contributed by atoms with Crippen LogP contribution < -0.4 is 11.2 Å². The molecule has 0 saturated heterocycles. The largest absolute Gasteiger partial charge is 0.329 e. The Labute approximate surface area is 107 Å². The number of aryl methyl sites for hydroxylation is 1. The minimum Gasteiger partial charge on any atom is -0.295 e. The highest BCUT2D eigenvalue weighted by Crippen LogP contribution is 2.08. The van der Waals surface area contributed by atoms with Gasteiger partial charge in [-0.25, -0.2) is 4.79 Å². The molecule has 2 rings (SSSR count). The number of aromatic amines is 1. The zero-order valence-electron chi connectivity index (χ0n) is 9.54. The number of halogens is 2. The first-order chi connectivity index (χ1) is 8.50. The predicted molar refractivity (Wildman–Crippen MR) is 66.6 cm³/mol. The van der Waals surface area contributed by atoms with Crippen LogP contribution in [0.3, 0.4) is 0 Å². The minimum atomic E-state index is -1.15. The topological polar surface area (TPSA) is 54.9 Å². The van der Waals surface area contributed by atoms with Gasteiger partial charge in [-0.3, -0.25) is 14.3 Å². The lowest BCUT2D eigenvalue weighted by Gasteiger charge is -2.07. The molecule has 0 aliphatic heterocycles. The van der Waals surface area contributed by atoms with E-state index >= 15 is 0 Å². The van der Waals surface area contributed by atoms with E-state index in [9.17, 15) is 14.0 Å². The van der Waals surface area contributed by atoms with Gasteiger partial charge in [0.15, 0.2) is 5.15 Å². The molecule has 2 aromatic rings. The molecule has 0 bridgehead atoms. The van der Waals surface area contributed by atoms with Crippen LogP contribution in [0.15, 0.2) is 33.9 Å². The average Bonchev–Trinajstić information content (AvgIpc) is 2.34. The van der Waals surface area contributed by atoms with Crippen molar-refractivity contribution in [1.29, 1.82) is 0 Å². The van der Waals surface area contributed by atoms with E-state index < -0.39 is 22.2 Å². The molecule has 0 fully saturated rings. The van der Waals surface area contributed by atoms with Crippen molar-refractivity contribution >= 4 is 11.6 Å². The number of H-pyrrole nitrogens is 1. The summed E-state index contributed by atoms with van der Waals surface area (Å²) in [5.74, 6) is -1.15. The molecule has 1 N–H and O–H groups in total. The summed E-state index contributed by atoms with van der Waals surface area (Å²) in [7, 11) is 0. The summed E-state index contributed by atoms with van der Waals surface area (Å²) >= 11 is 5.38. The Morgan fingerprint density at radius 3 is 2.67 bits per heavy atom. The molecular weight excluding hydrogens is 259 g/mol. The van der Waals surface area contributed by atoms with Crippen LogP contribution in [0.25, 0.3) is 0 Å². The van der Waals surface area contributed by atoms with E-state index in [4.69, 9.17) is 11.6 Å². The van der Waals surface area contributed by atoms with E-state index in [2.05, 4.69) is 4.98 Å². The fraction of sp³-hybridized carbons (Fsp3) is 0.167. The van der Waals surface area contributed by atoms with Crippen molar-refractivity contribution in [3.8, 4) is 0 Å². The first-order valence-electron chi connectivity index (χ1n) is 5.23. The maximum absolute atomic E-state index is 13.3. The predicted octanol–water partition coefficient (Wildman–Crippen LogP) is 1.69. The molecular formula is C12H10ClFN2O2. The second-order valence-corrected chi connectivity index (χ2v) is 4.25. The summed E-state index contributed by atoms with van der Waals surface area (Å²) in [6.07, 6.45) is 0. The van der Waals surface area contributed by atoms with Gasteiger partial charge < -0.3 is 0 Å². The highest BCUT2D eigenvalue weighted by molar-refractivity contribution is 6.29. The van der Waals surface area contributed by atoms with Crippen molar-refractivity contribution in [2.24, 2.45) is 0 Å². The fourth-order valence-electron chi connectivity index (χ4n) is 1.62. The van der Waals surface area contributed by atoms with Crippen molar-refractivity contribution in [3.63, 3.8) is 0 Å². The quantitative estimate of drug-likeness (QED) is 0.843. The standard InChI is InChI=1S/C12H10ClFN2O2/c1-7-4-2-3-5-8(7)6-16-11(17)9(14)10(13)15-12(16)18/h2-5H,6H2,1H3,(H,15,18). The molecule has 0 unspecified atom stereocenters. The zero-order chi connectivity index (χ0) is 13.3. The van der Waals surface area contributed by atoms with Gasteiger partial charge in [-0.05, 0) is 18.1 Å². The second kappa shape index (κ2) is 4.78. The molecule has 0 aliphatic carbocycles. The highest BCUT2D eigenvalue weighted by Gasteiger charge is 2.12. The lowest BCUT2D eigenvalue weighted by molar-refractivity contribution is 0.557. The van der Waals surface area contributed by atoms with Gasteiger partial charge in [-0.1, -0.05) is 35.9 Å². The Morgan fingerprint density at radius 1 is 1.33 bits per heavy atom. The van der Waals surface area contributed by atoms with Gasteiger partial charge in [-0.2, -0.15) is 4.39 Å². The lowest BCUT2D eigenvalue weighted by Crippen LogP contribution is -2.37. The van der Waals surface area contributed by atoms with E-state index in [1.165, 1.54) is 0 Å². The van der Waals surface area contributed by atoms with Crippen LogP contribution in [0.1, 0.15) is 11.1 Å². The van der Waals surface area contributed by atoms with Crippen LogP contribution in [0.4, 0.5) is 4.39 Å². The van der Waals surface area contributed by atoms with Crippen LogP contribution in [-0.4, -0.2) is 9.55 Å². The number of nitrogens with zero attached hydrogens (tertiary/aromatic N) is 1. The van der Waals surface area contributed by atoms with Gasteiger partial charge in [0.25, 0.3) is 5.56 Å². The minimum absolute atomic E-state index is 0.00886. The SMILES string of the molecule is Cc1ccccc1Cn1c(=O)[nH]c(Cl)c(F)c1=O. The summed E-state index contributed by atoms with van der Waals surface area (Å²) in [4.78, 5) is 25.3. The summed E-state index contributed by atoms with van der Waals surface area (Å²) in [6, 6.07) is 7.25. The number of rotatable bonds is 2. The van der Waals surface area contributed by atoms with Crippen molar-refractivity contribution < 1.29 is 4.39 Å². The van der Waals surface area contributed by atoms with Gasteiger partial charge in [0.1, 0.15) is 0 Å². The van der Waals surface area contributed by atoms with E-state index in [-0.39, 0.29) is 6.54 Å². The molecule has 0 radical (unpaired) electrons. The number of hydrogen-bond donors (Lipinski definition) is 1. The molecule has 0 amide bonds. The van der Waals surface area contributed by atoms with E-state index in [1.54, 1.807) is 12.1 Å². The van der Waals surface area contributed by atoms with Gasteiger partial charge in [0.2, 0.25) is 5.82 Å². The van der Waals surface area contributed by atoms with Crippen LogP contribution in [0, 0.1) is 12.7 Å². The van der Waals surface area contributed by atoms with Crippen molar-refractivity contribution in [3.05, 3.63) is 67.2 Å². The fourth-order valence-corrected chi connectivity index (χ4v) is 1.78. The van der Waals surface area contributed by atoms with E-state index in [0.29, 0.717) is 0 Å². The molecule has 1 heterocycles. The maximum atomic E-state index is 13.3. The smallest absolute Gasteiger partial charge is 0.295 e. The molecule has 1 aromatic carbocycles. The third-order valence-electron chi connectivity index (χ3n) is 2.68. The van der Waals surface area contributed by atoms with Gasteiger partial charge in [-0.15, -0.1) is 0 Å². The first-order valence-corrected chi connectivity index (χ1v) is 5.61. The normalized spacial score (nSPS) is 10.6. The second-order valence-electron chi connectivity index (χ2n) is 3.88. The first kappa shape index (κ1) is 12.6. The van der Waals surface area contributed by atoms with Crippen molar-refractivity contribution in [2.45, 2.75) is 13.5 Å². The molecule has 1 aromatic heterocycles. The Bertz CT molecular complexity index is 706. The van der Waals surface area contributed by atoms with Crippen molar-refractivity contribution in [2.75, 3.05) is 0 Å². The Hall–Kier alpha value is -1.88. The number of benzene rings is 1. The third kappa shape index (κ3) is 2.22. The summed E-state index contributed by atoms with van der Waals surface area (Å²) < 4.78 is 14.1. The highest BCUT2D eigenvalue weighted by atomic mass is 35.5. The monoisotopic (exact) mass is 268 g/mol. The molecule has 0 spiro atoms. The number of hydrogen-bond acceptors (Lipinski definition) is 2. The molecule has 94 valence electrons. The number of nitrogens with one attached hydrogen (secondary N) is 1. The molecule has 18 heavy (non-hydrogen) atoms. The molecule has 0 saturated carbocycles. The van der Waals surface area contributed by atoms with Crippen LogP contribution in [-0.2, 0) is 6.54 Å². The van der Waals surface area contributed by atoms with Gasteiger partial charge in [0.05, 0.1) is 6.54 Å². The molecule has 0 aliphatic rings. The Kier molecular flexibility index (Phi) is 3.34. The summed E-state index contributed by atoms with van der Waals surface area (Å²) in [5, 5.41) is -0.564. The lowest BCUT2D eigenvalue weighted by atomic mass is 10.1. The molecule has 0 atom stereocenters. The third-order valence-corrected chi connectivity index (χ3v) is 2.94. The summed E-state index contributed by atoms with van der Waals surface area (Å²) in [5.41, 5.74) is -0.0624. The maximum Gasteiger partial charge on any atom is 0.329 e. The van der Waals surface area contributed by atoms with E-state index in [0.717, 1.165) is 15.7 Å².